The summed E-state index contributed by atoms with van der Waals surface area (Å²) in [5.41, 5.74) is 0. The van der Waals surface area contributed by atoms with E-state index in [-0.39, 0.29) is 77.2 Å². The molecular weight excluding hydrogens is 729 g/mol. The molecule has 4 aromatic heterocycles. The van der Waals surface area contributed by atoms with E-state index >= 15 is 0 Å². The first-order valence-electron chi connectivity index (χ1n) is 4.38. The predicted molar refractivity (Wildman–Crippen MR) is 110 cm³/mol. The van der Waals surface area contributed by atoms with Crippen molar-refractivity contribution in [3.8, 4) is 0 Å². The molecule has 4 aromatic rings. The zero-order chi connectivity index (χ0) is 14.1. The molecule has 4 atom stereocenters. The summed E-state index contributed by atoms with van der Waals surface area (Å²) in [5, 5.41) is 0. The molecule has 0 N–H and O–H groups in total. The van der Waals surface area contributed by atoms with Gasteiger partial charge in [-0.2, -0.15) is 0 Å². The molecule has 0 amide bonds. The minimum atomic E-state index is 0. The molecule has 0 aliphatic carbocycles. The summed E-state index contributed by atoms with van der Waals surface area (Å²) >= 11 is 0. The van der Waals surface area contributed by atoms with Gasteiger partial charge in [-0.05, 0) is 0 Å². The van der Waals surface area contributed by atoms with Gasteiger partial charge in [-0.1, -0.05) is 0 Å². The topological polar surface area (TPSA) is 51.6 Å². The van der Waals surface area contributed by atoms with E-state index in [0.29, 0.717) is 0 Å². The Morgan fingerprint density at radius 3 is 0.708 bits per heavy atom. The smallest absolute Gasteiger partial charge is 1.00 e. The average Bonchev–Trinajstić information content (AvgIpc) is 3.40. The van der Waals surface area contributed by atoms with Gasteiger partial charge in [-0.25, -0.2) is 0 Å². The normalized spacial score (nSPS) is 10.7. The Morgan fingerprint density at radius 1 is 0.458 bits per heavy atom. The summed E-state index contributed by atoms with van der Waals surface area (Å²) in [6, 6.07) is 0. The van der Waals surface area contributed by atoms with E-state index < -0.39 is 0 Å². The fraction of sp³-hybridized carbons (Fsp3) is 0. The van der Waals surface area contributed by atoms with Crippen molar-refractivity contribution in [2.24, 2.45) is 0 Å². The second kappa shape index (κ2) is 32.3. The quantitative estimate of drug-likeness (QED) is 0.261. The van der Waals surface area contributed by atoms with Crippen LogP contribution in [0.3, 0.4) is 0 Å². The molecule has 0 aliphatic rings. The largest absolute Gasteiger partial charge is 2.00 e. The van der Waals surface area contributed by atoms with Crippen LogP contribution in [0, 0.1) is 23.7 Å². The molecule has 4 heterocycles. The second-order valence-corrected chi connectivity index (χ2v) is 20.8. The molecule has 0 saturated carbocycles. The molecule has 4 rings (SSSR count). The maximum atomic E-state index is 3.81. The van der Waals surface area contributed by atoms with Gasteiger partial charge in [0, 0.05) is 32.1 Å². The van der Waals surface area contributed by atoms with E-state index in [4.69, 9.17) is 0 Å². The van der Waals surface area contributed by atoms with Gasteiger partial charge in [-0.3, -0.25) is 31.5 Å². The van der Waals surface area contributed by atoms with Crippen LogP contribution >= 0.6 is 93.8 Å². The Labute approximate surface area is 211 Å². The van der Waals surface area contributed by atoms with Crippen molar-refractivity contribution in [3.63, 3.8) is 0 Å². The molecule has 0 aromatic carbocycles. The Balaban J connectivity index is -0.000000105. The SMILES string of the molecule is [Cl-].[Cl-].[Zr+2].[Zr+2].[c-]1np[pH]p1.[c-]1np[pH]p1.[c-]1np[pH]p1.[c-]1np[pH]p1. The van der Waals surface area contributed by atoms with E-state index in [0.717, 1.165) is 30.2 Å². The van der Waals surface area contributed by atoms with E-state index in [2.05, 4.69) is 42.7 Å². The van der Waals surface area contributed by atoms with Crippen molar-refractivity contribution in [2.45, 2.75) is 0 Å². The van der Waals surface area contributed by atoms with Gasteiger partial charge >= 0.3 is 52.4 Å². The Hall–Kier alpha value is 4.63. The summed E-state index contributed by atoms with van der Waals surface area (Å²) in [7, 11) is 13.9. The molecule has 24 heavy (non-hydrogen) atoms. The zero-order valence-electron chi connectivity index (χ0n) is 11.1. The third-order valence-electron chi connectivity index (χ3n) is 0.958. The van der Waals surface area contributed by atoms with Crippen LogP contribution in [0.2, 0.25) is 0 Å². The maximum Gasteiger partial charge on any atom is 2.00 e. The number of rotatable bonds is 0. The first-order valence-corrected chi connectivity index (χ1v) is 22.1. The molecular formula is C4H4Cl2N4P12Zr2-2. The van der Waals surface area contributed by atoms with E-state index in [9.17, 15) is 0 Å². The fourth-order valence-corrected chi connectivity index (χ4v) is 12.1. The first kappa shape index (κ1) is 36.0. The van der Waals surface area contributed by atoms with Crippen molar-refractivity contribution in [1.82, 2.24) is 19.0 Å². The van der Waals surface area contributed by atoms with E-state index in [1.54, 1.807) is 0 Å². The van der Waals surface area contributed by atoms with Gasteiger partial charge in [0.2, 0.25) is 0 Å². The number of halogens is 2. The van der Waals surface area contributed by atoms with Crippen LogP contribution in [0.15, 0.2) is 0 Å². The summed E-state index contributed by atoms with van der Waals surface area (Å²) < 4.78 is 15.2. The molecule has 0 radical (unpaired) electrons. The van der Waals surface area contributed by atoms with Crippen molar-refractivity contribution >= 4 is 93.8 Å². The van der Waals surface area contributed by atoms with Crippen LogP contribution in [0.1, 0.15) is 0 Å². The third-order valence-corrected chi connectivity index (χ3v) is 15.4. The summed E-state index contributed by atoms with van der Waals surface area (Å²) in [6.45, 7) is 0. The van der Waals surface area contributed by atoms with E-state index in [1.165, 1.54) is 63.6 Å². The van der Waals surface area contributed by atoms with Crippen molar-refractivity contribution < 1.29 is 77.2 Å². The van der Waals surface area contributed by atoms with Crippen LogP contribution in [0.25, 0.3) is 0 Å². The molecule has 124 valence electrons. The Bertz CT molecular complexity index is 378. The van der Waals surface area contributed by atoms with Gasteiger partial charge in [0.15, 0.2) is 0 Å². The molecule has 0 saturated heterocycles. The number of nitrogens with zero attached hydrogens (tertiary/aromatic N) is 4. The van der Waals surface area contributed by atoms with Crippen molar-refractivity contribution in [1.29, 1.82) is 0 Å². The van der Waals surface area contributed by atoms with Crippen LogP contribution in [0.4, 0.5) is 0 Å². The molecule has 0 fully saturated rings. The van der Waals surface area contributed by atoms with Crippen LogP contribution in [0.5, 0.6) is 0 Å². The van der Waals surface area contributed by atoms with Crippen LogP contribution in [-0.2, 0) is 52.4 Å². The summed E-state index contributed by atoms with van der Waals surface area (Å²) in [4.78, 5) is 0. The third kappa shape index (κ3) is 28.8. The minimum Gasteiger partial charge on any atom is -1.00 e. The van der Waals surface area contributed by atoms with Gasteiger partial charge in [0.05, 0.1) is 0 Å². The molecule has 0 spiro atoms. The van der Waals surface area contributed by atoms with Gasteiger partial charge < -0.3 is 67.5 Å². The first-order chi connectivity index (χ1) is 10.0. The maximum absolute atomic E-state index is 3.81. The minimum absolute atomic E-state index is 0. The molecule has 0 aliphatic heterocycles. The molecule has 4 unspecified atom stereocenters. The second-order valence-electron chi connectivity index (χ2n) is 2.05. The monoisotopic (exact) mass is 729 g/mol. The fourth-order valence-electron chi connectivity index (χ4n) is 0.447. The number of hydrogen-bond acceptors (Lipinski definition) is 4. The summed E-state index contributed by atoms with van der Waals surface area (Å²) in [6.07, 6.45) is 0. The van der Waals surface area contributed by atoms with Gasteiger partial charge in [0.1, 0.15) is 0 Å². The standard InChI is InChI=1S/4CHNP3.2ClH.2Zr/c4*1-2-4-5-3-1;;;;/h4*5H;2*1H;;/q4*-1;;;2*+2/p-2. The number of aromatic nitrogens is 4. The van der Waals surface area contributed by atoms with Crippen molar-refractivity contribution in [3.05, 3.63) is 23.7 Å². The Kier molecular flexibility index (Phi) is 48.5. The summed E-state index contributed by atoms with van der Waals surface area (Å²) in [5.74, 6) is 11.3. The van der Waals surface area contributed by atoms with Crippen molar-refractivity contribution in [2.75, 3.05) is 0 Å². The number of hydrogen-bond donors (Lipinski definition) is 0. The molecule has 0 bridgehead atoms. The van der Waals surface area contributed by atoms with Crippen LogP contribution in [-0.4, -0.2) is 19.0 Å². The predicted octanol–water partition coefficient (Wildman–Crippen LogP) is 2.30. The van der Waals surface area contributed by atoms with Crippen LogP contribution < -0.4 is 24.8 Å². The molecule has 20 heteroatoms. The van der Waals surface area contributed by atoms with Gasteiger partial charge in [0.25, 0.3) is 0 Å². The van der Waals surface area contributed by atoms with E-state index in [1.807, 2.05) is 0 Å². The average molecular weight is 733 g/mol. The molecule has 4 nitrogen and oxygen atoms in total. The zero-order valence-corrected chi connectivity index (χ0v) is 28.7. The Morgan fingerprint density at radius 2 is 0.667 bits per heavy atom. The van der Waals surface area contributed by atoms with Gasteiger partial charge in [-0.15, -0.1) is 30.2 Å².